The van der Waals surface area contributed by atoms with Crippen molar-refractivity contribution in [3.8, 4) is 5.75 Å². The molecule has 0 unspecified atom stereocenters. The fraction of sp³-hybridized carbons (Fsp3) is 0.350. The number of benzene rings is 1. The Bertz CT molecular complexity index is 1170. The summed E-state index contributed by atoms with van der Waals surface area (Å²) in [6.45, 7) is 4.10. The molecule has 1 atom stereocenters. The summed E-state index contributed by atoms with van der Waals surface area (Å²) in [5.74, 6) is -3.68. The first-order valence-corrected chi connectivity index (χ1v) is 10.9. The van der Waals surface area contributed by atoms with Gasteiger partial charge in [-0.3, -0.25) is 10.2 Å². The van der Waals surface area contributed by atoms with Gasteiger partial charge in [0.05, 0.1) is 24.6 Å². The van der Waals surface area contributed by atoms with Gasteiger partial charge < -0.3 is 15.4 Å². The van der Waals surface area contributed by atoms with E-state index in [1.807, 2.05) is 0 Å². The predicted molar refractivity (Wildman–Crippen MR) is 111 cm³/mol. The summed E-state index contributed by atoms with van der Waals surface area (Å²) in [4.78, 5) is 16.4. The average molecular weight is 452 g/mol. The van der Waals surface area contributed by atoms with Crippen LogP contribution in [0.25, 0.3) is 0 Å². The molecule has 1 amide bonds. The van der Waals surface area contributed by atoms with Crippen LogP contribution in [-0.4, -0.2) is 42.8 Å². The Hall–Kier alpha value is -3.08. The molecule has 1 saturated heterocycles. The number of halogens is 2. The summed E-state index contributed by atoms with van der Waals surface area (Å²) in [5.41, 5.74) is -2.02. The van der Waals surface area contributed by atoms with E-state index in [4.69, 9.17) is 10.1 Å². The van der Waals surface area contributed by atoms with Gasteiger partial charge in [-0.25, -0.2) is 22.2 Å². The number of aromatic nitrogens is 1. The second-order valence-corrected chi connectivity index (χ2v) is 10.5. The van der Waals surface area contributed by atoms with Gasteiger partial charge in [-0.2, -0.15) is 0 Å². The lowest BCUT2D eigenvalue weighted by Gasteiger charge is -2.43. The lowest BCUT2D eigenvalue weighted by Crippen LogP contribution is -2.64. The van der Waals surface area contributed by atoms with Crippen LogP contribution in [0.2, 0.25) is 0 Å². The smallest absolute Gasteiger partial charge is 0.274 e. The number of amides is 1. The van der Waals surface area contributed by atoms with Crippen molar-refractivity contribution < 1.29 is 26.7 Å². The van der Waals surface area contributed by atoms with Crippen LogP contribution >= 0.6 is 0 Å². The van der Waals surface area contributed by atoms with Crippen molar-refractivity contribution in [2.75, 3.05) is 18.2 Å². The fourth-order valence-electron chi connectivity index (χ4n) is 3.22. The zero-order valence-corrected chi connectivity index (χ0v) is 18.2. The molecule has 1 aliphatic rings. The van der Waals surface area contributed by atoms with E-state index in [-0.39, 0.29) is 22.8 Å². The second kappa shape index (κ2) is 7.56. The second-order valence-electron chi connectivity index (χ2n) is 7.96. The maximum Gasteiger partial charge on any atom is 0.274 e. The first-order valence-electron chi connectivity index (χ1n) is 9.21. The maximum absolute atomic E-state index is 14.7. The molecule has 0 spiro atoms. The van der Waals surface area contributed by atoms with Crippen molar-refractivity contribution in [2.45, 2.75) is 31.1 Å². The van der Waals surface area contributed by atoms with E-state index >= 15 is 0 Å². The molecule has 3 N–H and O–H groups in total. The zero-order valence-electron chi connectivity index (χ0n) is 17.3. The Balaban J connectivity index is 1.98. The number of ether oxygens (including phenoxy) is 1. The summed E-state index contributed by atoms with van der Waals surface area (Å²) in [6, 6.07) is 4.85. The fourth-order valence-corrected chi connectivity index (χ4v) is 4.93. The van der Waals surface area contributed by atoms with Gasteiger partial charge in [0.2, 0.25) is 0 Å². The molecule has 2 heterocycles. The van der Waals surface area contributed by atoms with Gasteiger partial charge >= 0.3 is 0 Å². The van der Waals surface area contributed by atoms with Gasteiger partial charge in [-0.05, 0) is 39.0 Å². The van der Waals surface area contributed by atoms with Crippen LogP contribution in [0.4, 0.5) is 14.5 Å². The number of hydrogen-bond acceptors (Lipinski definition) is 6. The minimum atomic E-state index is -3.87. The standard InChI is InChI=1S/C20H22F2N4O4S/c1-19(2)18(23)26-20(3,10-31(19,28)29)13-7-11(8-14(21)16(13)22)25-17(27)15-6-5-12(30-4)9-24-15/h5-9H,10H2,1-4H3,(H2,23,26)(H,25,27)/t20-/m0/s1. The third-order valence-electron chi connectivity index (χ3n) is 5.34. The van der Waals surface area contributed by atoms with E-state index in [0.29, 0.717) is 5.75 Å². The van der Waals surface area contributed by atoms with Crippen LogP contribution in [0.15, 0.2) is 30.5 Å². The number of pyridine rings is 1. The molecule has 3 rings (SSSR count). The molecule has 1 aliphatic heterocycles. The molecule has 8 nitrogen and oxygen atoms in total. The van der Waals surface area contributed by atoms with Crippen molar-refractivity contribution >= 4 is 27.3 Å². The van der Waals surface area contributed by atoms with Crippen molar-refractivity contribution in [1.29, 1.82) is 5.41 Å². The average Bonchev–Trinajstić information content (AvgIpc) is 2.68. The third kappa shape index (κ3) is 3.97. The van der Waals surface area contributed by atoms with Crippen LogP contribution in [0.3, 0.4) is 0 Å². The molecule has 0 saturated carbocycles. The highest BCUT2D eigenvalue weighted by molar-refractivity contribution is 7.93. The Morgan fingerprint density at radius 3 is 2.48 bits per heavy atom. The monoisotopic (exact) mass is 452 g/mol. The van der Waals surface area contributed by atoms with Crippen LogP contribution < -0.4 is 15.4 Å². The van der Waals surface area contributed by atoms with Gasteiger partial charge in [0, 0.05) is 17.3 Å². The Morgan fingerprint density at radius 1 is 1.26 bits per heavy atom. The summed E-state index contributed by atoms with van der Waals surface area (Å²) < 4.78 is 58.0. The summed E-state index contributed by atoms with van der Waals surface area (Å²) >= 11 is 0. The van der Waals surface area contributed by atoms with Crippen LogP contribution in [0, 0.1) is 17.0 Å². The van der Waals surface area contributed by atoms with Crippen molar-refractivity contribution in [1.82, 2.24) is 10.3 Å². The maximum atomic E-state index is 14.7. The number of anilines is 1. The Labute approximate surface area is 178 Å². The van der Waals surface area contributed by atoms with Crippen molar-refractivity contribution in [3.63, 3.8) is 0 Å². The molecule has 31 heavy (non-hydrogen) atoms. The predicted octanol–water partition coefficient (Wildman–Crippen LogP) is 2.61. The molecule has 1 fully saturated rings. The van der Waals surface area contributed by atoms with E-state index in [2.05, 4.69) is 15.6 Å². The molecule has 1 aromatic carbocycles. The zero-order chi connectivity index (χ0) is 23.2. The van der Waals surface area contributed by atoms with E-state index < -0.39 is 43.4 Å². The quantitative estimate of drug-likeness (QED) is 0.656. The molecule has 0 radical (unpaired) electrons. The van der Waals surface area contributed by atoms with E-state index in [9.17, 15) is 22.0 Å². The number of amidine groups is 1. The van der Waals surface area contributed by atoms with Crippen molar-refractivity contribution in [3.05, 3.63) is 53.4 Å². The number of nitrogens with one attached hydrogen (secondary N) is 3. The van der Waals surface area contributed by atoms with Crippen LogP contribution in [0.1, 0.15) is 36.8 Å². The largest absolute Gasteiger partial charge is 0.495 e. The Kier molecular flexibility index (Phi) is 5.51. The molecule has 11 heteroatoms. The number of sulfone groups is 1. The molecule has 1 aromatic heterocycles. The van der Waals surface area contributed by atoms with E-state index in [1.54, 1.807) is 0 Å². The van der Waals surface area contributed by atoms with Gasteiger partial charge in [0.25, 0.3) is 5.91 Å². The lowest BCUT2D eigenvalue weighted by atomic mass is 9.91. The molecule has 0 aliphatic carbocycles. The highest BCUT2D eigenvalue weighted by atomic mass is 32.2. The first-order chi connectivity index (χ1) is 14.3. The molecule has 0 bridgehead atoms. The van der Waals surface area contributed by atoms with Crippen LogP contribution in [0.5, 0.6) is 5.75 Å². The van der Waals surface area contributed by atoms with Crippen LogP contribution in [-0.2, 0) is 15.4 Å². The Morgan fingerprint density at radius 2 is 1.94 bits per heavy atom. The minimum Gasteiger partial charge on any atom is -0.495 e. The number of nitrogens with zero attached hydrogens (tertiary/aromatic N) is 1. The van der Waals surface area contributed by atoms with Gasteiger partial charge in [0.1, 0.15) is 22.0 Å². The first kappa shape index (κ1) is 22.6. The number of carbonyl (C=O) groups excluding carboxylic acids is 1. The summed E-state index contributed by atoms with van der Waals surface area (Å²) in [7, 11) is -2.42. The topological polar surface area (TPSA) is 121 Å². The molecular formula is C20H22F2N4O4S. The van der Waals surface area contributed by atoms with Gasteiger partial charge in [-0.15, -0.1) is 0 Å². The number of carbonyl (C=O) groups is 1. The summed E-state index contributed by atoms with van der Waals surface area (Å²) in [5, 5.41) is 13.2. The number of methoxy groups -OCH3 is 1. The van der Waals surface area contributed by atoms with Gasteiger partial charge in [-0.1, -0.05) is 0 Å². The molecule has 166 valence electrons. The lowest BCUT2D eigenvalue weighted by molar-refractivity contribution is 0.102. The van der Waals surface area contributed by atoms with E-state index in [0.717, 1.165) is 12.1 Å². The normalized spacial score (nSPS) is 21.8. The van der Waals surface area contributed by atoms with Crippen molar-refractivity contribution in [2.24, 2.45) is 0 Å². The van der Waals surface area contributed by atoms with E-state index in [1.165, 1.54) is 46.2 Å². The number of hydrogen-bond donors (Lipinski definition) is 3. The third-order valence-corrected chi connectivity index (χ3v) is 8.06. The number of rotatable bonds is 4. The molecule has 2 aromatic rings. The highest BCUT2D eigenvalue weighted by Gasteiger charge is 2.51. The summed E-state index contributed by atoms with van der Waals surface area (Å²) in [6.07, 6.45) is 1.33. The highest BCUT2D eigenvalue weighted by Crippen LogP contribution is 2.36. The molecular weight excluding hydrogens is 430 g/mol. The SMILES string of the molecule is COc1ccc(C(=O)Nc2cc(F)c(F)c([C@]3(C)CS(=O)(=O)C(C)(C)C(=N)N3)c2)nc1. The van der Waals surface area contributed by atoms with Gasteiger partial charge in [0.15, 0.2) is 21.5 Å². The minimum absolute atomic E-state index is 0.0141.